The van der Waals surface area contributed by atoms with Crippen molar-refractivity contribution in [2.45, 2.75) is 32.2 Å². The van der Waals surface area contributed by atoms with Crippen LogP contribution in [0.1, 0.15) is 30.9 Å². The Balaban J connectivity index is 2.16. The third kappa shape index (κ3) is 1.07. The van der Waals surface area contributed by atoms with E-state index in [1.807, 2.05) is 6.33 Å². The lowest BCUT2D eigenvalue weighted by Crippen LogP contribution is -2.15. The van der Waals surface area contributed by atoms with Crippen molar-refractivity contribution >= 4 is 11.0 Å². The zero-order valence-corrected chi connectivity index (χ0v) is 8.40. The summed E-state index contributed by atoms with van der Waals surface area (Å²) in [5, 5.41) is 0. The molecule has 0 aliphatic heterocycles. The molecule has 0 saturated heterocycles. The highest BCUT2D eigenvalue weighted by Gasteiger charge is 2.20. The average Bonchev–Trinajstić information content (AvgIpc) is 2.45. The molecule has 1 aliphatic rings. The van der Waals surface area contributed by atoms with E-state index in [-0.39, 0.29) is 0 Å². The summed E-state index contributed by atoms with van der Waals surface area (Å²) in [6, 6.07) is 7.22. The molecule has 0 amide bonds. The van der Waals surface area contributed by atoms with Crippen LogP contribution in [0, 0.1) is 6.92 Å². The largest absolute Gasteiger partial charge is 0.327 e. The van der Waals surface area contributed by atoms with Crippen molar-refractivity contribution in [2.75, 3.05) is 0 Å². The number of rotatable bonds is 1. The Kier molecular flexibility index (Phi) is 1.63. The maximum atomic E-state index is 4.45. The van der Waals surface area contributed by atoms with Gasteiger partial charge in [0.1, 0.15) is 0 Å². The van der Waals surface area contributed by atoms with Gasteiger partial charge >= 0.3 is 0 Å². The van der Waals surface area contributed by atoms with Crippen LogP contribution in [-0.2, 0) is 0 Å². The Hall–Kier alpha value is -1.31. The summed E-state index contributed by atoms with van der Waals surface area (Å²) < 4.78 is 2.33. The maximum Gasteiger partial charge on any atom is 0.0960 e. The molecule has 1 aromatic heterocycles. The van der Waals surface area contributed by atoms with Crippen LogP contribution in [0.2, 0.25) is 0 Å². The lowest BCUT2D eigenvalue weighted by molar-refractivity contribution is 0.320. The maximum absolute atomic E-state index is 4.45. The van der Waals surface area contributed by atoms with E-state index in [4.69, 9.17) is 0 Å². The number of benzene rings is 1. The molecule has 2 nitrogen and oxygen atoms in total. The van der Waals surface area contributed by atoms with E-state index in [1.54, 1.807) is 0 Å². The molecule has 0 bridgehead atoms. The van der Waals surface area contributed by atoms with Gasteiger partial charge in [-0.25, -0.2) is 4.98 Å². The zero-order chi connectivity index (χ0) is 9.54. The standard InChI is InChI=1S/C12H14N2/c1-9-5-6-12-11(7-9)13-8-14(12)10-3-2-4-10/h5-8,10H,2-4H2,1H3. The lowest BCUT2D eigenvalue weighted by atomic mass is 9.93. The number of hydrogen-bond acceptors (Lipinski definition) is 1. The highest BCUT2D eigenvalue weighted by Crippen LogP contribution is 2.33. The fraction of sp³-hybridized carbons (Fsp3) is 0.417. The van der Waals surface area contributed by atoms with Gasteiger partial charge in [0, 0.05) is 6.04 Å². The molecular weight excluding hydrogens is 172 g/mol. The van der Waals surface area contributed by atoms with Crippen LogP contribution in [0.3, 0.4) is 0 Å². The first-order valence-corrected chi connectivity index (χ1v) is 5.28. The van der Waals surface area contributed by atoms with E-state index < -0.39 is 0 Å². The molecule has 0 unspecified atom stereocenters. The molecule has 1 heterocycles. The lowest BCUT2D eigenvalue weighted by Gasteiger charge is -2.27. The van der Waals surface area contributed by atoms with Crippen LogP contribution < -0.4 is 0 Å². The summed E-state index contributed by atoms with van der Waals surface area (Å²) in [6.45, 7) is 2.11. The highest BCUT2D eigenvalue weighted by atomic mass is 15.1. The van der Waals surface area contributed by atoms with Gasteiger partial charge in [0.15, 0.2) is 0 Å². The Morgan fingerprint density at radius 1 is 1.36 bits per heavy atom. The van der Waals surface area contributed by atoms with Crippen molar-refractivity contribution < 1.29 is 0 Å². The van der Waals surface area contributed by atoms with Crippen LogP contribution in [0.4, 0.5) is 0 Å². The Morgan fingerprint density at radius 3 is 2.93 bits per heavy atom. The van der Waals surface area contributed by atoms with Crippen LogP contribution >= 0.6 is 0 Å². The van der Waals surface area contributed by atoms with E-state index in [0.717, 1.165) is 5.52 Å². The first-order chi connectivity index (χ1) is 6.84. The summed E-state index contributed by atoms with van der Waals surface area (Å²) in [7, 11) is 0. The molecule has 14 heavy (non-hydrogen) atoms. The van der Waals surface area contributed by atoms with Crippen LogP contribution in [0.5, 0.6) is 0 Å². The molecule has 1 fully saturated rings. The van der Waals surface area contributed by atoms with Gasteiger partial charge in [0.2, 0.25) is 0 Å². The summed E-state index contributed by atoms with van der Waals surface area (Å²) in [5.74, 6) is 0. The predicted molar refractivity (Wildman–Crippen MR) is 57.4 cm³/mol. The summed E-state index contributed by atoms with van der Waals surface area (Å²) in [6.07, 6.45) is 6.00. The summed E-state index contributed by atoms with van der Waals surface area (Å²) in [5.41, 5.74) is 3.72. The van der Waals surface area contributed by atoms with Crippen molar-refractivity contribution in [1.29, 1.82) is 0 Å². The average molecular weight is 186 g/mol. The smallest absolute Gasteiger partial charge is 0.0960 e. The fourth-order valence-corrected chi connectivity index (χ4v) is 2.10. The van der Waals surface area contributed by atoms with Gasteiger partial charge in [0.05, 0.1) is 17.4 Å². The third-order valence-corrected chi connectivity index (χ3v) is 3.20. The minimum absolute atomic E-state index is 0.711. The van der Waals surface area contributed by atoms with E-state index in [2.05, 4.69) is 34.7 Å². The second-order valence-corrected chi connectivity index (χ2v) is 4.23. The van der Waals surface area contributed by atoms with Crippen LogP contribution in [-0.4, -0.2) is 9.55 Å². The number of aromatic nitrogens is 2. The molecule has 1 saturated carbocycles. The molecule has 72 valence electrons. The van der Waals surface area contributed by atoms with Gasteiger partial charge in [-0.1, -0.05) is 6.07 Å². The first-order valence-electron chi connectivity index (χ1n) is 5.28. The van der Waals surface area contributed by atoms with Crippen molar-refractivity contribution in [3.05, 3.63) is 30.1 Å². The van der Waals surface area contributed by atoms with E-state index in [1.165, 1.54) is 30.3 Å². The van der Waals surface area contributed by atoms with Crippen molar-refractivity contribution in [1.82, 2.24) is 9.55 Å². The number of aryl methyl sites for hydroxylation is 1. The number of fused-ring (bicyclic) bond motifs is 1. The van der Waals surface area contributed by atoms with Crippen molar-refractivity contribution in [2.24, 2.45) is 0 Å². The molecule has 3 rings (SSSR count). The number of hydrogen-bond donors (Lipinski definition) is 0. The van der Waals surface area contributed by atoms with Gasteiger partial charge in [-0.05, 0) is 43.9 Å². The van der Waals surface area contributed by atoms with Gasteiger partial charge < -0.3 is 4.57 Å². The Morgan fingerprint density at radius 2 is 2.21 bits per heavy atom. The molecule has 0 spiro atoms. The molecule has 0 atom stereocenters. The Labute approximate surface area is 83.6 Å². The Bertz CT molecular complexity index is 466. The fourth-order valence-electron chi connectivity index (χ4n) is 2.10. The van der Waals surface area contributed by atoms with E-state index >= 15 is 0 Å². The monoisotopic (exact) mass is 186 g/mol. The van der Waals surface area contributed by atoms with Crippen molar-refractivity contribution in [3.8, 4) is 0 Å². The van der Waals surface area contributed by atoms with Gasteiger partial charge in [0.25, 0.3) is 0 Å². The second kappa shape index (κ2) is 2.84. The van der Waals surface area contributed by atoms with E-state index in [0.29, 0.717) is 6.04 Å². The van der Waals surface area contributed by atoms with Gasteiger partial charge in [-0.2, -0.15) is 0 Å². The van der Waals surface area contributed by atoms with Crippen molar-refractivity contribution in [3.63, 3.8) is 0 Å². The van der Waals surface area contributed by atoms with E-state index in [9.17, 15) is 0 Å². The van der Waals surface area contributed by atoms with Crippen LogP contribution in [0.25, 0.3) is 11.0 Å². The minimum Gasteiger partial charge on any atom is -0.327 e. The summed E-state index contributed by atoms with van der Waals surface area (Å²) >= 11 is 0. The topological polar surface area (TPSA) is 17.8 Å². The van der Waals surface area contributed by atoms with Crippen LogP contribution in [0.15, 0.2) is 24.5 Å². The quantitative estimate of drug-likeness (QED) is 0.669. The predicted octanol–water partition coefficient (Wildman–Crippen LogP) is 3.07. The minimum atomic E-state index is 0.711. The molecule has 1 aliphatic carbocycles. The molecule has 1 aromatic carbocycles. The molecule has 2 aromatic rings. The third-order valence-electron chi connectivity index (χ3n) is 3.20. The second-order valence-electron chi connectivity index (χ2n) is 4.23. The highest BCUT2D eigenvalue weighted by molar-refractivity contribution is 5.76. The first kappa shape index (κ1) is 8.04. The molecular formula is C12H14N2. The van der Waals surface area contributed by atoms with Gasteiger partial charge in [-0.3, -0.25) is 0 Å². The molecule has 2 heteroatoms. The zero-order valence-electron chi connectivity index (χ0n) is 8.40. The normalized spacial score (nSPS) is 17.2. The molecule has 0 N–H and O–H groups in total. The SMILES string of the molecule is Cc1ccc2c(c1)ncn2C1CCC1. The molecule has 0 radical (unpaired) electrons. The van der Waals surface area contributed by atoms with Gasteiger partial charge in [-0.15, -0.1) is 0 Å². The number of nitrogens with zero attached hydrogens (tertiary/aromatic N) is 2. The number of imidazole rings is 1. The summed E-state index contributed by atoms with van der Waals surface area (Å²) in [4.78, 5) is 4.45.